The van der Waals surface area contributed by atoms with Crippen molar-refractivity contribution in [3.63, 3.8) is 0 Å². The average Bonchev–Trinajstić information content (AvgIpc) is 3.47. The van der Waals surface area contributed by atoms with Crippen LogP contribution in [0, 0.1) is 0 Å². The zero-order valence-corrected chi connectivity index (χ0v) is 25.3. The molecule has 2 heterocycles. The lowest BCUT2D eigenvalue weighted by Crippen LogP contribution is -1.78. The SMILES string of the molecule is Brc1ccc(Br)c(-c2nc3ccccc3s2)c1.Brc1ccc(Br)c(-c2nc3ccccc3s2)c1. The molecule has 0 unspecified atom stereocenters. The van der Waals surface area contributed by atoms with Gasteiger partial charge in [0.05, 0.1) is 20.4 Å². The highest BCUT2D eigenvalue weighted by Gasteiger charge is 2.10. The number of hydrogen-bond acceptors (Lipinski definition) is 4. The zero-order valence-electron chi connectivity index (χ0n) is 17.3. The van der Waals surface area contributed by atoms with Crippen LogP contribution in [0.1, 0.15) is 0 Å². The minimum Gasteiger partial charge on any atom is -0.236 e. The summed E-state index contributed by atoms with van der Waals surface area (Å²) in [6, 6.07) is 28.7. The van der Waals surface area contributed by atoms with Gasteiger partial charge in [-0.05, 0) is 60.7 Å². The molecular formula is C26H14Br4N2S2. The first-order chi connectivity index (χ1) is 16.5. The molecule has 0 saturated heterocycles. The molecule has 0 aliphatic rings. The van der Waals surface area contributed by atoms with E-state index in [1.165, 1.54) is 9.40 Å². The van der Waals surface area contributed by atoms with Gasteiger partial charge in [-0.3, -0.25) is 0 Å². The Morgan fingerprint density at radius 1 is 0.500 bits per heavy atom. The second-order valence-corrected chi connectivity index (χ2v) is 12.8. The largest absolute Gasteiger partial charge is 0.236 e. The van der Waals surface area contributed by atoms with E-state index in [9.17, 15) is 0 Å². The normalized spacial score (nSPS) is 10.9. The molecule has 4 aromatic carbocycles. The van der Waals surface area contributed by atoms with Crippen molar-refractivity contribution in [1.29, 1.82) is 0 Å². The first kappa shape index (κ1) is 24.3. The van der Waals surface area contributed by atoms with Crippen molar-refractivity contribution in [1.82, 2.24) is 9.97 Å². The highest BCUT2D eigenvalue weighted by Crippen LogP contribution is 2.37. The monoisotopic (exact) mass is 734 g/mol. The molecule has 6 aromatic rings. The fraction of sp³-hybridized carbons (Fsp3) is 0. The van der Waals surface area contributed by atoms with Crippen LogP contribution in [0.3, 0.4) is 0 Å². The van der Waals surface area contributed by atoms with E-state index in [4.69, 9.17) is 0 Å². The molecule has 8 heteroatoms. The summed E-state index contributed by atoms with van der Waals surface area (Å²) < 4.78 is 6.70. The molecule has 0 aliphatic carbocycles. The summed E-state index contributed by atoms with van der Waals surface area (Å²) in [6.07, 6.45) is 0. The van der Waals surface area contributed by atoms with Crippen molar-refractivity contribution in [2.45, 2.75) is 0 Å². The van der Waals surface area contributed by atoms with Crippen molar-refractivity contribution in [2.24, 2.45) is 0 Å². The summed E-state index contributed by atoms with van der Waals surface area (Å²) >= 11 is 17.5. The van der Waals surface area contributed by atoms with E-state index in [0.717, 1.165) is 50.1 Å². The van der Waals surface area contributed by atoms with Gasteiger partial charge in [0.2, 0.25) is 0 Å². The van der Waals surface area contributed by atoms with Crippen molar-refractivity contribution < 1.29 is 0 Å². The van der Waals surface area contributed by atoms with E-state index in [2.05, 4.69) is 98.0 Å². The van der Waals surface area contributed by atoms with E-state index < -0.39 is 0 Å². The van der Waals surface area contributed by atoms with Crippen LogP contribution in [0.15, 0.2) is 103 Å². The van der Waals surface area contributed by atoms with Gasteiger partial charge in [0.15, 0.2) is 0 Å². The highest BCUT2D eigenvalue weighted by molar-refractivity contribution is 9.11. The molecule has 0 fully saturated rings. The minimum absolute atomic E-state index is 1.04. The lowest BCUT2D eigenvalue weighted by atomic mass is 10.2. The fourth-order valence-corrected chi connectivity index (χ4v) is 7.14. The third-order valence-electron chi connectivity index (χ3n) is 4.91. The predicted molar refractivity (Wildman–Crippen MR) is 161 cm³/mol. The first-order valence-corrected chi connectivity index (χ1v) is 14.9. The lowest BCUT2D eigenvalue weighted by Gasteiger charge is -2.00. The third kappa shape index (κ3) is 5.37. The van der Waals surface area contributed by atoms with Gasteiger partial charge in [-0.15, -0.1) is 22.7 Å². The van der Waals surface area contributed by atoms with E-state index in [0.29, 0.717) is 0 Å². The molecule has 0 atom stereocenters. The molecule has 0 saturated carbocycles. The van der Waals surface area contributed by atoms with Crippen LogP contribution in [-0.2, 0) is 0 Å². The van der Waals surface area contributed by atoms with Gasteiger partial charge in [-0.25, -0.2) is 9.97 Å². The standard InChI is InChI=1S/2C13H7Br2NS/c2*14-8-5-6-10(15)9(7-8)13-16-11-3-1-2-4-12(11)17-13/h2*1-7H. The number of aromatic nitrogens is 2. The Balaban J connectivity index is 0.000000142. The molecule has 0 N–H and O–H groups in total. The van der Waals surface area contributed by atoms with Gasteiger partial charge in [0.1, 0.15) is 10.0 Å². The van der Waals surface area contributed by atoms with Crippen LogP contribution in [0.25, 0.3) is 41.6 Å². The molecule has 0 aliphatic heterocycles. The summed E-state index contributed by atoms with van der Waals surface area (Å²) in [5.74, 6) is 0. The minimum atomic E-state index is 1.04. The smallest absolute Gasteiger partial charge is 0.125 e. The molecule has 0 spiro atoms. The average molecular weight is 738 g/mol. The Morgan fingerprint density at radius 2 is 0.912 bits per heavy atom. The Labute approximate surface area is 238 Å². The Bertz CT molecular complexity index is 1440. The van der Waals surface area contributed by atoms with Crippen LogP contribution in [0.2, 0.25) is 0 Å². The molecule has 0 radical (unpaired) electrons. The fourth-order valence-electron chi connectivity index (χ4n) is 3.30. The predicted octanol–water partition coefficient (Wildman–Crippen LogP) is 11.0. The van der Waals surface area contributed by atoms with E-state index >= 15 is 0 Å². The summed E-state index contributed by atoms with van der Waals surface area (Å²) in [4.78, 5) is 9.31. The Kier molecular flexibility index (Phi) is 7.63. The topological polar surface area (TPSA) is 25.8 Å². The second-order valence-electron chi connectivity index (χ2n) is 7.22. The van der Waals surface area contributed by atoms with E-state index in [1.54, 1.807) is 22.7 Å². The molecule has 2 aromatic heterocycles. The first-order valence-electron chi connectivity index (χ1n) is 10.1. The van der Waals surface area contributed by atoms with Crippen LogP contribution in [-0.4, -0.2) is 9.97 Å². The van der Waals surface area contributed by atoms with Gasteiger partial charge < -0.3 is 0 Å². The maximum Gasteiger partial charge on any atom is 0.125 e. The van der Waals surface area contributed by atoms with Gasteiger partial charge in [0.25, 0.3) is 0 Å². The molecule has 0 bridgehead atoms. The molecule has 34 heavy (non-hydrogen) atoms. The number of halogens is 4. The zero-order chi connectivity index (χ0) is 23.7. The van der Waals surface area contributed by atoms with Gasteiger partial charge in [0, 0.05) is 29.0 Å². The molecule has 168 valence electrons. The van der Waals surface area contributed by atoms with Gasteiger partial charge in [-0.1, -0.05) is 88.0 Å². The number of nitrogens with zero attached hydrogens (tertiary/aromatic N) is 2. The maximum absolute atomic E-state index is 4.65. The molecule has 2 nitrogen and oxygen atoms in total. The number of para-hydroxylation sites is 2. The summed E-state index contributed by atoms with van der Waals surface area (Å²) in [5.41, 5.74) is 4.36. The van der Waals surface area contributed by atoms with Crippen molar-refractivity contribution in [3.8, 4) is 21.1 Å². The Hall–Kier alpha value is -1.42. The van der Waals surface area contributed by atoms with Crippen LogP contribution in [0.5, 0.6) is 0 Å². The van der Waals surface area contributed by atoms with Crippen LogP contribution >= 0.6 is 86.4 Å². The van der Waals surface area contributed by atoms with Gasteiger partial charge >= 0.3 is 0 Å². The van der Waals surface area contributed by atoms with Crippen LogP contribution in [0.4, 0.5) is 0 Å². The summed E-state index contributed by atoms with van der Waals surface area (Å²) in [7, 11) is 0. The third-order valence-corrected chi connectivity index (χ3v) is 9.41. The maximum atomic E-state index is 4.65. The lowest BCUT2D eigenvalue weighted by molar-refractivity contribution is 1.46. The number of rotatable bonds is 2. The van der Waals surface area contributed by atoms with Gasteiger partial charge in [-0.2, -0.15) is 0 Å². The van der Waals surface area contributed by atoms with E-state index in [1.807, 2.05) is 60.7 Å². The van der Waals surface area contributed by atoms with Crippen molar-refractivity contribution in [3.05, 3.63) is 103 Å². The Morgan fingerprint density at radius 3 is 1.32 bits per heavy atom. The highest BCUT2D eigenvalue weighted by atomic mass is 79.9. The van der Waals surface area contributed by atoms with Crippen molar-refractivity contribution in [2.75, 3.05) is 0 Å². The van der Waals surface area contributed by atoms with Crippen LogP contribution < -0.4 is 0 Å². The summed E-state index contributed by atoms with van der Waals surface area (Å²) in [5, 5.41) is 2.08. The number of thiazole rings is 2. The number of benzene rings is 4. The second kappa shape index (κ2) is 10.7. The van der Waals surface area contributed by atoms with E-state index in [-0.39, 0.29) is 0 Å². The quantitative estimate of drug-likeness (QED) is 0.177. The molecule has 6 rings (SSSR count). The summed E-state index contributed by atoms with van der Waals surface area (Å²) in [6.45, 7) is 0. The molecular weight excluding hydrogens is 724 g/mol. The number of fused-ring (bicyclic) bond motifs is 2. The molecule has 0 amide bonds. The number of hydrogen-bond donors (Lipinski definition) is 0. The van der Waals surface area contributed by atoms with Crippen molar-refractivity contribution >= 4 is 107 Å².